The predicted octanol–water partition coefficient (Wildman–Crippen LogP) is 6.85. The number of rotatable bonds is 6. The second kappa shape index (κ2) is 8.08. The van der Waals surface area contributed by atoms with Crippen LogP contribution >= 0.6 is 0 Å². The van der Waals surface area contributed by atoms with Gasteiger partial charge in [-0.1, -0.05) is 42.5 Å². The summed E-state index contributed by atoms with van der Waals surface area (Å²) in [5.74, 6) is 2.08. The van der Waals surface area contributed by atoms with Crippen molar-refractivity contribution >= 4 is 0 Å². The molecule has 2 heterocycles. The highest BCUT2D eigenvalue weighted by Gasteiger charge is 2.81. The van der Waals surface area contributed by atoms with E-state index in [9.17, 15) is 10.2 Å². The van der Waals surface area contributed by atoms with E-state index in [1.54, 1.807) is 18.6 Å². The highest BCUT2D eigenvalue weighted by atomic mass is 19.1. The van der Waals surface area contributed by atoms with E-state index in [1.807, 2.05) is 65.2 Å². The van der Waals surface area contributed by atoms with Gasteiger partial charge in [0.1, 0.15) is 17.3 Å². The average molecular weight is 549 g/mol. The van der Waals surface area contributed by atoms with Crippen LogP contribution in [0.2, 0.25) is 0 Å². The fourth-order valence-corrected chi connectivity index (χ4v) is 10.5. The summed E-state index contributed by atoms with van der Waals surface area (Å²) < 4.78 is 23.3. The zero-order valence-corrected chi connectivity index (χ0v) is 22.8. The lowest BCUT2D eigenvalue weighted by molar-refractivity contribution is -0.235. The molecule has 4 aliphatic carbocycles. The number of aliphatic hydroxyl groups excluding tert-OH is 1. The van der Waals surface area contributed by atoms with Gasteiger partial charge in [-0.25, -0.2) is 9.37 Å². The summed E-state index contributed by atoms with van der Waals surface area (Å²) in [6, 6.07) is 22.7. The number of para-hydroxylation sites is 1. The number of halogens is 1. The maximum atomic E-state index is 15.2. The van der Waals surface area contributed by atoms with Crippen molar-refractivity contribution in [2.75, 3.05) is 0 Å². The van der Waals surface area contributed by atoms with Crippen molar-refractivity contribution in [3.63, 3.8) is 0 Å². The quantitative estimate of drug-likeness (QED) is 0.277. The van der Waals surface area contributed by atoms with Gasteiger partial charge in [-0.2, -0.15) is 0 Å². The molecule has 1 spiro atoms. The van der Waals surface area contributed by atoms with Crippen molar-refractivity contribution in [2.24, 2.45) is 28.6 Å². The number of imidazole rings is 1. The van der Waals surface area contributed by atoms with E-state index in [4.69, 9.17) is 4.74 Å². The highest BCUT2D eigenvalue weighted by molar-refractivity contribution is 5.69. The second-order valence-electron chi connectivity index (χ2n) is 13.5. The third-order valence-electron chi connectivity index (χ3n) is 11.8. The van der Waals surface area contributed by atoms with E-state index in [2.05, 4.69) is 4.98 Å². The van der Waals surface area contributed by atoms with Crippen molar-refractivity contribution in [2.45, 2.75) is 56.3 Å². The van der Waals surface area contributed by atoms with E-state index < -0.39 is 11.7 Å². The molecule has 1 aromatic heterocycles. The first-order valence-corrected chi connectivity index (χ1v) is 15.0. The maximum Gasteiger partial charge on any atom is 0.129 e. The van der Waals surface area contributed by atoms with Crippen molar-refractivity contribution < 1.29 is 19.3 Å². The van der Waals surface area contributed by atoms with Gasteiger partial charge in [-0.05, 0) is 103 Å². The maximum absolute atomic E-state index is 15.2. The smallest absolute Gasteiger partial charge is 0.129 e. The van der Waals surface area contributed by atoms with Gasteiger partial charge < -0.3 is 19.5 Å². The van der Waals surface area contributed by atoms with Gasteiger partial charge in [0, 0.05) is 11.1 Å². The van der Waals surface area contributed by atoms with E-state index in [-0.39, 0.29) is 34.5 Å². The molecule has 6 heteroatoms. The second-order valence-corrected chi connectivity index (χ2v) is 13.5. The highest BCUT2D eigenvalue weighted by Crippen LogP contribution is 2.84. The summed E-state index contributed by atoms with van der Waals surface area (Å²) in [6.07, 6.45) is 8.31. The molecule has 5 aliphatic rings. The Morgan fingerprint density at radius 2 is 1.80 bits per heavy atom. The molecule has 2 N–H and O–H groups in total. The van der Waals surface area contributed by atoms with Crippen LogP contribution in [-0.2, 0) is 5.60 Å². The van der Waals surface area contributed by atoms with Crippen molar-refractivity contribution in [3.8, 4) is 22.8 Å². The lowest BCUT2D eigenvalue weighted by Gasteiger charge is -2.62. The Labute approximate surface area is 238 Å². The van der Waals surface area contributed by atoms with Gasteiger partial charge in [-0.3, -0.25) is 0 Å². The number of fused-ring (bicyclic) bond motifs is 5. The predicted molar refractivity (Wildman–Crippen MR) is 152 cm³/mol. The number of benzene rings is 3. The number of ether oxygens (including phenoxy) is 1. The van der Waals surface area contributed by atoms with Crippen molar-refractivity contribution in [3.05, 3.63) is 102 Å². The van der Waals surface area contributed by atoms with E-state index >= 15 is 4.39 Å². The Kier molecular flexibility index (Phi) is 4.76. The minimum atomic E-state index is -0.920. The molecular weight excluding hydrogens is 515 g/mol. The van der Waals surface area contributed by atoms with E-state index in [0.717, 1.165) is 60.4 Å². The van der Waals surface area contributed by atoms with Crippen LogP contribution in [0.15, 0.2) is 85.3 Å². The summed E-state index contributed by atoms with van der Waals surface area (Å²) >= 11 is 0. The van der Waals surface area contributed by atoms with Crippen LogP contribution < -0.4 is 4.74 Å². The van der Waals surface area contributed by atoms with Crippen LogP contribution in [0.1, 0.15) is 55.7 Å². The molecule has 1 aliphatic heterocycles. The molecule has 3 bridgehead atoms. The summed E-state index contributed by atoms with van der Waals surface area (Å²) in [6.45, 7) is 0. The van der Waals surface area contributed by atoms with Crippen LogP contribution in [-0.4, -0.2) is 25.9 Å². The van der Waals surface area contributed by atoms with E-state index in [0.29, 0.717) is 17.9 Å². The summed E-state index contributed by atoms with van der Waals surface area (Å²) in [5.41, 5.74) is 2.28. The number of hydrogen-bond donors (Lipinski definition) is 2. The topological polar surface area (TPSA) is 67.5 Å². The third kappa shape index (κ3) is 3.05. The number of hydrogen-bond acceptors (Lipinski definition) is 4. The Bertz CT molecular complexity index is 1690. The Hall–Kier alpha value is -3.48. The standard InChI is InChI=1S/C35H33FN2O3/c36-26-11-5-10-25-28-18-37-20-38(28)27(32(25)26)14-31(39)33-15-21-12-29-34(16-21,19-33)30(17-33)35(29,40)22-6-4-9-24(13-22)41-23-7-2-1-3-8-23/h1-11,13,18,20-21,27,29-31,39-40H,12,14-17,19H2. The van der Waals surface area contributed by atoms with E-state index in [1.165, 1.54) is 6.07 Å². The molecule has 4 fully saturated rings. The van der Waals surface area contributed by atoms with Gasteiger partial charge in [0.25, 0.3) is 0 Å². The molecule has 208 valence electrons. The third-order valence-corrected chi connectivity index (χ3v) is 11.8. The molecule has 3 aromatic carbocycles. The minimum Gasteiger partial charge on any atom is -0.457 e. The molecule has 41 heavy (non-hydrogen) atoms. The van der Waals surface area contributed by atoms with Gasteiger partial charge in [0.05, 0.1) is 36.0 Å². The van der Waals surface area contributed by atoms with Gasteiger partial charge in [0.15, 0.2) is 0 Å². The first-order chi connectivity index (χ1) is 19.9. The van der Waals surface area contributed by atoms with Gasteiger partial charge in [-0.15, -0.1) is 0 Å². The minimum absolute atomic E-state index is 0.0773. The molecule has 0 radical (unpaired) electrons. The molecular formula is C35H33FN2O3. The molecule has 9 rings (SSSR count). The van der Waals surface area contributed by atoms with Gasteiger partial charge in [0.2, 0.25) is 0 Å². The monoisotopic (exact) mass is 548 g/mol. The lowest BCUT2D eigenvalue weighted by atomic mass is 9.45. The number of nitrogens with zero attached hydrogens (tertiary/aromatic N) is 2. The Morgan fingerprint density at radius 1 is 0.976 bits per heavy atom. The lowest BCUT2D eigenvalue weighted by Crippen LogP contribution is -2.62. The summed E-state index contributed by atoms with van der Waals surface area (Å²) in [5, 5.41) is 24.6. The fraction of sp³-hybridized carbons (Fsp3) is 0.400. The van der Waals surface area contributed by atoms with Crippen LogP contribution in [0.3, 0.4) is 0 Å². The first kappa shape index (κ1) is 24.2. The van der Waals surface area contributed by atoms with Crippen molar-refractivity contribution in [1.82, 2.24) is 9.55 Å². The largest absolute Gasteiger partial charge is 0.457 e. The van der Waals surface area contributed by atoms with Crippen LogP contribution in [0.5, 0.6) is 11.5 Å². The fourth-order valence-electron chi connectivity index (χ4n) is 10.5. The molecule has 8 unspecified atom stereocenters. The van der Waals surface area contributed by atoms with Crippen LogP contribution in [0, 0.1) is 34.4 Å². The normalized spacial score (nSPS) is 36.0. The van der Waals surface area contributed by atoms with Crippen LogP contribution in [0.4, 0.5) is 4.39 Å². The Morgan fingerprint density at radius 3 is 2.68 bits per heavy atom. The SMILES string of the molecule is OC(CC1c2c(F)cccc2-c2cncn21)C12CC3CC4C(C3)(C1)C(C2)C4(O)c1cccc(Oc2ccccc2)c1. The van der Waals surface area contributed by atoms with Gasteiger partial charge >= 0.3 is 0 Å². The molecule has 0 amide bonds. The molecule has 8 atom stereocenters. The molecule has 4 aromatic rings. The first-order valence-electron chi connectivity index (χ1n) is 15.0. The van der Waals surface area contributed by atoms with Crippen molar-refractivity contribution in [1.29, 1.82) is 0 Å². The molecule has 5 nitrogen and oxygen atoms in total. The molecule has 4 saturated carbocycles. The number of aromatic nitrogens is 2. The van der Waals surface area contributed by atoms with Crippen LogP contribution in [0.25, 0.3) is 11.3 Å². The Balaban J connectivity index is 1.04. The zero-order valence-electron chi connectivity index (χ0n) is 22.8. The molecule has 0 saturated heterocycles. The zero-order chi connectivity index (χ0) is 27.6. The average Bonchev–Trinajstić information content (AvgIpc) is 3.69. The summed E-state index contributed by atoms with van der Waals surface area (Å²) in [4.78, 5) is 4.34. The summed E-state index contributed by atoms with van der Waals surface area (Å²) in [7, 11) is 0. The number of aliphatic hydroxyl groups is 2.